The van der Waals surface area contributed by atoms with E-state index in [4.69, 9.17) is 5.53 Å². The van der Waals surface area contributed by atoms with Crippen molar-refractivity contribution in [1.29, 1.82) is 0 Å². The average molecular weight is 277 g/mol. The predicted octanol–water partition coefficient (Wildman–Crippen LogP) is 3.78. The zero-order valence-electron chi connectivity index (χ0n) is 11.2. The molecule has 3 aromatic rings. The summed E-state index contributed by atoms with van der Waals surface area (Å²) in [6.45, 7) is 2.02. The lowest BCUT2D eigenvalue weighted by molar-refractivity contribution is 0.881. The van der Waals surface area contributed by atoms with Crippen molar-refractivity contribution in [2.75, 3.05) is 0 Å². The fourth-order valence-corrected chi connectivity index (χ4v) is 2.23. The third kappa shape index (κ3) is 2.45. The zero-order valence-corrected chi connectivity index (χ0v) is 11.2. The number of aromatic amines is 1. The van der Waals surface area contributed by atoms with Gasteiger partial charge in [0.05, 0.1) is 0 Å². The van der Waals surface area contributed by atoms with Crippen molar-refractivity contribution in [2.24, 2.45) is 5.11 Å². The molecule has 0 saturated carbocycles. The van der Waals surface area contributed by atoms with Crippen LogP contribution in [0.1, 0.15) is 5.56 Å². The molecule has 0 radical (unpaired) electrons. The SMILES string of the molecule is Cc1c(-c2ccc(N=[N+]=[N-])cc2)cccc1-c1nn[nH]n1. The Bertz CT molecular complexity index is 800. The third-order valence-electron chi connectivity index (χ3n) is 3.26. The fourth-order valence-electron chi connectivity index (χ4n) is 2.23. The Morgan fingerprint density at radius 3 is 2.52 bits per heavy atom. The number of tetrazole rings is 1. The lowest BCUT2D eigenvalue weighted by Crippen LogP contribution is -1.90. The molecule has 0 saturated heterocycles. The second kappa shape index (κ2) is 5.44. The van der Waals surface area contributed by atoms with E-state index in [9.17, 15) is 0 Å². The molecule has 3 rings (SSSR count). The van der Waals surface area contributed by atoms with Crippen molar-refractivity contribution >= 4 is 5.69 Å². The van der Waals surface area contributed by atoms with Gasteiger partial charge < -0.3 is 0 Å². The van der Waals surface area contributed by atoms with E-state index < -0.39 is 0 Å². The number of hydrogen-bond acceptors (Lipinski definition) is 4. The minimum absolute atomic E-state index is 0.569. The van der Waals surface area contributed by atoms with Gasteiger partial charge in [0.15, 0.2) is 0 Å². The van der Waals surface area contributed by atoms with Crippen LogP contribution in [0, 0.1) is 6.92 Å². The van der Waals surface area contributed by atoms with E-state index in [0.717, 1.165) is 22.3 Å². The first-order chi connectivity index (χ1) is 10.3. The molecule has 0 bridgehead atoms. The summed E-state index contributed by atoms with van der Waals surface area (Å²) in [6.07, 6.45) is 0. The quantitative estimate of drug-likeness (QED) is 0.447. The molecule has 1 heterocycles. The highest BCUT2D eigenvalue weighted by molar-refractivity contribution is 5.76. The molecule has 0 spiro atoms. The van der Waals surface area contributed by atoms with E-state index in [0.29, 0.717) is 11.5 Å². The summed E-state index contributed by atoms with van der Waals surface area (Å²) >= 11 is 0. The maximum atomic E-state index is 8.43. The third-order valence-corrected chi connectivity index (χ3v) is 3.26. The molecule has 0 unspecified atom stereocenters. The summed E-state index contributed by atoms with van der Waals surface area (Å²) in [5.74, 6) is 0.569. The van der Waals surface area contributed by atoms with E-state index in [1.807, 2.05) is 37.3 Å². The molecular formula is C14H11N7. The molecule has 1 N–H and O–H groups in total. The average Bonchev–Trinajstić information content (AvgIpc) is 3.03. The van der Waals surface area contributed by atoms with E-state index in [2.05, 4.69) is 30.7 Å². The van der Waals surface area contributed by atoms with Crippen LogP contribution in [0.5, 0.6) is 0 Å². The molecule has 0 amide bonds. The van der Waals surface area contributed by atoms with E-state index in [1.54, 1.807) is 12.1 Å². The Labute approximate surface area is 120 Å². The Kier molecular flexibility index (Phi) is 3.32. The Hall–Kier alpha value is -3.18. The minimum Gasteiger partial charge on any atom is -0.177 e. The van der Waals surface area contributed by atoms with Crippen LogP contribution in [0.2, 0.25) is 0 Å². The minimum atomic E-state index is 0.569. The van der Waals surface area contributed by atoms with Crippen LogP contribution in [0.4, 0.5) is 5.69 Å². The van der Waals surface area contributed by atoms with Crippen LogP contribution >= 0.6 is 0 Å². The number of benzene rings is 2. The van der Waals surface area contributed by atoms with Gasteiger partial charge in [-0.05, 0) is 34.4 Å². The Morgan fingerprint density at radius 2 is 1.86 bits per heavy atom. The highest BCUT2D eigenvalue weighted by Gasteiger charge is 2.10. The summed E-state index contributed by atoms with van der Waals surface area (Å²) in [7, 11) is 0. The number of rotatable bonds is 3. The normalized spacial score (nSPS) is 10.1. The van der Waals surface area contributed by atoms with Crippen molar-refractivity contribution < 1.29 is 0 Å². The number of hydrogen-bond donors (Lipinski definition) is 1. The Balaban J connectivity index is 2.07. The number of nitrogens with one attached hydrogen (secondary N) is 1. The molecule has 1 aromatic heterocycles. The maximum absolute atomic E-state index is 8.43. The van der Waals surface area contributed by atoms with Gasteiger partial charge in [0.1, 0.15) is 0 Å². The van der Waals surface area contributed by atoms with Gasteiger partial charge in [-0.2, -0.15) is 5.21 Å². The topological polar surface area (TPSA) is 103 Å². The van der Waals surface area contributed by atoms with Crippen LogP contribution in [0.3, 0.4) is 0 Å². The van der Waals surface area contributed by atoms with Gasteiger partial charge >= 0.3 is 0 Å². The fraction of sp³-hybridized carbons (Fsp3) is 0.0714. The standard InChI is InChI=1S/C14H11N7/c1-9-12(10-5-7-11(8-6-10)16-19-15)3-2-4-13(9)14-17-20-21-18-14/h2-8H,1H3,(H,17,18,20,21). The molecule has 7 heteroatoms. The van der Waals surface area contributed by atoms with Crippen molar-refractivity contribution in [1.82, 2.24) is 20.6 Å². The summed E-state index contributed by atoms with van der Waals surface area (Å²) in [5.41, 5.74) is 13.1. The molecule has 7 nitrogen and oxygen atoms in total. The molecule has 0 aliphatic heterocycles. The first-order valence-corrected chi connectivity index (χ1v) is 6.28. The lowest BCUT2D eigenvalue weighted by atomic mass is 9.96. The van der Waals surface area contributed by atoms with Gasteiger partial charge in [-0.3, -0.25) is 0 Å². The summed E-state index contributed by atoms with van der Waals surface area (Å²) in [5, 5.41) is 17.7. The zero-order chi connectivity index (χ0) is 14.7. The smallest absolute Gasteiger partial charge is 0.177 e. The van der Waals surface area contributed by atoms with Crippen molar-refractivity contribution in [3.05, 3.63) is 58.5 Å². The predicted molar refractivity (Wildman–Crippen MR) is 78.6 cm³/mol. The van der Waals surface area contributed by atoms with Crippen molar-refractivity contribution in [3.63, 3.8) is 0 Å². The van der Waals surface area contributed by atoms with Gasteiger partial charge in [-0.1, -0.05) is 47.6 Å². The first-order valence-electron chi connectivity index (χ1n) is 6.28. The van der Waals surface area contributed by atoms with Gasteiger partial charge in [-0.15, -0.1) is 10.2 Å². The summed E-state index contributed by atoms with van der Waals surface area (Å²) < 4.78 is 0. The van der Waals surface area contributed by atoms with E-state index in [1.165, 1.54) is 0 Å². The lowest BCUT2D eigenvalue weighted by Gasteiger charge is -2.09. The molecule has 102 valence electrons. The number of azide groups is 1. The molecule has 0 aliphatic carbocycles. The van der Waals surface area contributed by atoms with E-state index >= 15 is 0 Å². The largest absolute Gasteiger partial charge is 0.204 e. The molecular weight excluding hydrogens is 266 g/mol. The number of nitrogens with zero attached hydrogens (tertiary/aromatic N) is 6. The highest BCUT2D eigenvalue weighted by Crippen LogP contribution is 2.30. The van der Waals surface area contributed by atoms with Crippen LogP contribution in [-0.2, 0) is 0 Å². The molecule has 21 heavy (non-hydrogen) atoms. The highest BCUT2D eigenvalue weighted by atomic mass is 15.5. The number of aromatic nitrogens is 4. The van der Waals surface area contributed by atoms with Gasteiger partial charge in [-0.25, -0.2) is 0 Å². The van der Waals surface area contributed by atoms with Gasteiger partial charge in [0, 0.05) is 16.2 Å². The van der Waals surface area contributed by atoms with Crippen LogP contribution in [-0.4, -0.2) is 20.6 Å². The van der Waals surface area contributed by atoms with E-state index in [-0.39, 0.29) is 0 Å². The van der Waals surface area contributed by atoms with Gasteiger partial charge in [0.2, 0.25) is 5.82 Å². The molecule has 0 fully saturated rings. The Morgan fingerprint density at radius 1 is 1.10 bits per heavy atom. The van der Waals surface area contributed by atoms with Gasteiger partial charge in [0.25, 0.3) is 0 Å². The van der Waals surface area contributed by atoms with Crippen LogP contribution < -0.4 is 0 Å². The molecule has 0 aliphatic rings. The molecule has 0 atom stereocenters. The number of H-pyrrole nitrogens is 1. The summed E-state index contributed by atoms with van der Waals surface area (Å²) in [4.78, 5) is 2.77. The maximum Gasteiger partial charge on any atom is 0.204 e. The second-order valence-electron chi connectivity index (χ2n) is 4.45. The van der Waals surface area contributed by atoms with Crippen molar-refractivity contribution in [3.8, 4) is 22.5 Å². The monoisotopic (exact) mass is 277 g/mol. The molecule has 2 aromatic carbocycles. The first kappa shape index (κ1) is 12.8. The van der Waals surface area contributed by atoms with Crippen LogP contribution in [0.15, 0.2) is 47.6 Å². The second-order valence-corrected chi connectivity index (χ2v) is 4.45. The van der Waals surface area contributed by atoms with Crippen LogP contribution in [0.25, 0.3) is 33.0 Å². The van der Waals surface area contributed by atoms with Crippen molar-refractivity contribution in [2.45, 2.75) is 6.92 Å². The summed E-state index contributed by atoms with van der Waals surface area (Å²) in [6, 6.07) is 13.4.